The largest absolute Gasteiger partial charge is 0.462 e. The highest BCUT2D eigenvalue weighted by atomic mass is 16.5. The molecule has 1 heterocycles. The van der Waals surface area contributed by atoms with Gasteiger partial charge in [0.05, 0.1) is 12.2 Å². The molecule has 1 amide bonds. The van der Waals surface area contributed by atoms with Crippen LogP contribution in [0.3, 0.4) is 0 Å². The van der Waals surface area contributed by atoms with Crippen LogP contribution in [0, 0.1) is 0 Å². The first-order valence-electron chi connectivity index (χ1n) is 8.28. The lowest BCUT2D eigenvalue weighted by atomic mass is 10.2. The maximum absolute atomic E-state index is 12.3. The molecule has 0 aliphatic carbocycles. The van der Waals surface area contributed by atoms with E-state index in [1.165, 1.54) is 6.33 Å². The van der Waals surface area contributed by atoms with Gasteiger partial charge in [-0.05, 0) is 45.3 Å². The minimum Gasteiger partial charge on any atom is -0.462 e. The molecule has 8 heteroatoms. The van der Waals surface area contributed by atoms with Crippen molar-refractivity contribution in [2.24, 2.45) is 0 Å². The van der Waals surface area contributed by atoms with Crippen molar-refractivity contribution in [2.75, 3.05) is 44.4 Å². The van der Waals surface area contributed by atoms with Crippen molar-refractivity contribution >= 4 is 23.4 Å². The first-order valence-corrected chi connectivity index (χ1v) is 8.28. The van der Waals surface area contributed by atoms with Crippen LogP contribution in [0.4, 0.5) is 11.5 Å². The van der Waals surface area contributed by atoms with E-state index in [2.05, 4.69) is 20.6 Å². The second-order valence-corrected chi connectivity index (χ2v) is 5.77. The number of esters is 1. The number of likely N-dealkylation sites (N-methyl/N-ethyl adjacent to an activating group) is 1. The lowest BCUT2D eigenvalue weighted by Crippen LogP contribution is -2.21. The highest BCUT2D eigenvalue weighted by Crippen LogP contribution is 2.12. The first-order chi connectivity index (χ1) is 12.5. The Morgan fingerprint density at radius 2 is 1.88 bits per heavy atom. The van der Waals surface area contributed by atoms with E-state index in [1.807, 2.05) is 19.0 Å². The molecule has 2 rings (SSSR count). The van der Waals surface area contributed by atoms with Gasteiger partial charge in [-0.1, -0.05) is 0 Å². The minimum absolute atomic E-state index is 0.252. The van der Waals surface area contributed by atoms with Crippen molar-refractivity contribution in [3.63, 3.8) is 0 Å². The first kappa shape index (κ1) is 19.3. The predicted molar refractivity (Wildman–Crippen MR) is 99.4 cm³/mol. The Kier molecular flexibility index (Phi) is 7.04. The average Bonchev–Trinajstić information content (AvgIpc) is 2.62. The standard InChI is InChI=1S/C18H23N5O3/c1-4-26-18(25)13-5-7-14(8-6-13)22-17(24)15-11-16(21-12-20-15)19-9-10-23(2)3/h5-8,11-12H,4,9-10H2,1-3H3,(H,22,24)(H,19,20,21). The molecule has 1 aromatic carbocycles. The van der Waals surface area contributed by atoms with Crippen LogP contribution >= 0.6 is 0 Å². The van der Waals surface area contributed by atoms with E-state index in [-0.39, 0.29) is 11.6 Å². The second-order valence-electron chi connectivity index (χ2n) is 5.77. The number of anilines is 2. The number of ether oxygens (including phenoxy) is 1. The summed E-state index contributed by atoms with van der Waals surface area (Å²) in [5, 5.41) is 5.88. The van der Waals surface area contributed by atoms with E-state index < -0.39 is 5.97 Å². The van der Waals surface area contributed by atoms with Gasteiger partial charge in [-0.3, -0.25) is 4.79 Å². The number of hydrogen-bond acceptors (Lipinski definition) is 7. The fraction of sp³-hybridized carbons (Fsp3) is 0.333. The maximum Gasteiger partial charge on any atom is 0.338 e. The van der Waals surface area contributed by atoms with E-state index >= 15 is 0 Å². The molecule has 138 valence electrons. The van der Waals surface area contributed by atoms with Crippen molar-refractivity contribution < 1.29 is 14.3 Å². The van der Waals surface area contributed by atoms with Crippen LogP contribution in [-0.4, -0.2) is 60.5 Å². The van der Waals surface area contributed by atoms with Crippen LogP contribution in [0.2, 0.25) is 0 Å². The molecule has 2 N–H and O–H groups in total. The van der Waals surface area contributed by atoms with E-state index in [0.29, 0.717) is 30.2 Å². The summed E-state index contributed by atoms with van der Waals surface area (Å²) in [4.78, 5) is 34.1. The van der Waals surface area contributed by atoms with Gasteiger partial charge in [0.1, 0.15) is 17.8 Å². The molecular weight excluding hydrogens is 334 g/mol. The van der Waals surface area contributed by atoms with Crippen LogP contribution in [0.5, 0.6) is 0 Å². The smallest absolute Gasteiger partial charge is 0.338 e. The van der Waals surface area contributed by atoms with Crippen molar-refractivity contribution in [2.45, 2.75) is 6.92 Å². The summed E-state index contributed by atoms with van der Waals surface area (Å²) in [6.45, 7) is 3.62. The summed E-state index contributed by atoms with van der Waals surface area (Å²) in [5.74, 6) is -0.161. The number of aromatic nitrogens is 2. The van der Waals surface area contributed by atoms with Crippen LogP contribution < -0.4 is 10.6 Å². The number of carbonyl (C=O) groups excluding carboxylic acids is 2. The predicted octanol–water partition coefficient (Wildman–Crippen LogP) is 1.88. The molecule has 0 spiro atoms. The number of nitrogens with zero attached hydrogens (tertiary/aromatic N) is 3. The van der Waals surface area contributed by atoms with Gasteiger partial charge in [0, 0.05) is 24.8 Å². The molecule has 0 saturated carbocycles. The minimum atomic E-state index is -0.394. The van der Waals surface area contributed by atoms with Gasteiger partial charge < -0.3 is 20.3 Å². The van der Waals surface area contributed by atoms with Crippen LogP contribution in [0.15, 0.2) is 36.7 Å². The Morgan fingerprint density at radius 1 is 1.15 bits per heavy atom. The zero-order valence-corrected chi connectivity index (χ0v) is 15.2. The fourth-order valence-electron chi connectivity index (χ4n) is 2.08. The van der Waals surface area contributed by atoms with E-state index in [4.69, 9.17) is 4.74 Å². The van der Waals surface area contributed by atoms with E-state index in [0.717, 1.165) is 6.54 Å². The lowest BCUT2D eigenvalue weighted by molar-refractivity contribution is 0.0526. The molecule has 1 aromatic heterocycles. The molecule has 0 aliphatic heterocycles. The molecule has 2 aromatic rings. The van der Waals surface area contributed by atoms with E-state index in [1.54, 1.807) is 37.3 Å². The zero-order chi connectivity index (χ0) is 18.9. The number of hydrogen-bond donors (Lipinski definition) is 2. The van der Waals surface area contributed by atoms with Crippen LogP contribution in [0.25, 0.3) is 0 Å². The van der Waals surface area contributed by atoms with Gasteiger partial charge in [-0.25, -0.2) is 14.8 Å². The maximum atomic E-state index is 12.3. The highest BCUT2D eigenvalue weighted by Gasteiger charge is 2.11. The number of benzene rings is 1. The third-order valence-corrected chi connectivity index (χ3v) is 3.42. The zero-order valence-electron chi connectivity index (χ0n) is 15.2. The topological polar surface area (TPSA) is 96.4 Å². The average molecular weight is 357 g/mol. The Morgan fingerprint density at radius 3 is 2.54 bits per heavy atom. The van der Waals surface area contributed by atoms with E-state index in [9.17, 15) is 9.59 Å². The monoisotopic (exact) mass is 357 g/mol. The SMILES string of the molecule is CCOC(=O)c1ccc(NC(=O)c2cc(NCCN(C)C)ncn2)cc1. The Balaban J connectivity index is 1.97. The Bertz CT molecular complexity index is 747. The fourth-order valence-corrected chi connectivity index (χ4v) is 2.08. The van der Waals surface area contributed by atoms with Gasteiger partial charge in [-0.2, -0.15) is 0 Å². The van der Waals surface area contributed by atoms with Gasteiger partial charge in [-0.15, -0.1) is 0 Å². The summed E-state index contributed by atoms with van der Waals surface area (Å²) in [7, 11) is 3.96. The third kappa shape index (κ3) is 5.82. The van der Waals surface area contributed by atoms with Gasteiger partial charge in [0.15, 0.2) is 0 Å². The molecule has 0 saturated heterocycles. The van der Waals surface area contributed by atoms with Crippen molar-refractivity contribution in [1.82, 2.24) is 14.9 Å². The number of carbonyl (C=O) groups is 2. The Labute approximate surface area is 152 Å². The third-order valence-electron chi connectivity index (χ3n) is 3.42. The van der Waals surface area contributed by atoms with Gasteiger partial charge in [0.2, 0.25) is 0 Å². The highest BCUT2D eigenvalue weighted by molar-refractivity contribution is 6.03. The number of amides is 1. The lowest BCUT2D eigenvalue weighted by Gasteiger charge is -2.11. The van der Waals surface area contributed by atoms with Crippen molar-refractivity contribution in [1.29, 1.82) is 0 Å². The molecule has 0 fully saturated rings. The summed E-state index contributed by atoms with van der Waals surface area (Å²) < 4.78 is 4.93. The molecule has 26 heavy (non-hydrogen) atoms. The molecule has 0 bridgehead atoms. The molecule has 8 nitrogen and oxygen atoms in total. The summed E-state index contributed by atoms with van der Waals surface area (Å²) in [5.41, 5.74) is 1.24. The normalized spacial score (nSPS) is 10.5. The molecular formula is C18H23N5O3. The summed E-state index contributed by atoms with van der Waals surface area (Å²) in [6, 6.07) is 8.07. The quantitative estimate of drug-likeness (QED) is 0.696. The Hall–Kier alpha value is -3.00. The van der Waals surface area contributed by atoms with Crippen LogP contribution in [-0.2, 0) is 4.74 Å². The van der Waals surface area contributed by atoms with Gasteiger partial charge >= 0.3 is 5.97 Å². The molecule has 0 radical (unpaired) electrons. The molecule has 0 aliphatic rings. The molecule has 0 unspecified atom stereocenters. The summed E-state index contributed by atoms with van der Waals surface area (Å²) in [6.07, 6.45) is 1.34. The number of rotatable bonds is 8. The van der Waals surface area contributed by atoms with Crippen LogP contribution in [0.1, 0.15) is 27.8 Å². The summed E-state index contributed by atoms with van der Waals surface area (Å²) >= 11 is 0. The molecule has 0 atom stereocenters. The van der Waals surface area contributed by atoms with Crippen molar-refractivity contribution in [3.8, 4) is 0 Å². The number of nitrogens with one attached hydrogen (secondary N) is 2. The van der Waals surface area contributed by atoms with Crippen molar-refractivity contribution in [3.05, 3.63) is 47.9 Å². The van der Waals surface area contributed by atoms with Gasteiger partial charge in [0.25, 0.3) is 5.91 Å². The second kappa shape index (κ2) is 9.47.